The number of hydrogen-bond donors (Lipinski definition) is 0. The highest BCUT2D eigenvalue weighted by Crippen LogP contribution is 2.36. The molecule has 0 unspecified atom stereocenters. The summed E-state index contributed by atoms with van der Waals surface area (Å²) in [5, 5.41) is 6.13. The van der Waals surface area contributed by atoms with Crippen molar-refractivity contribution >= 4 is 32.4 Å². The predicted molar refractivity (Wildman–Crippen MR) is 102 cm³/mol. The molecule has 0 N–H and O–H groups in total. The number of pyridine rings is 1. The van der Waals surface area contributed by atoms with Crippen molar-refractivity contribution in [1.82, 2.24) is 4.98 Å². The Balaban J connectivity index is 2.23. The van der Waals surface area contributed by atoms with E-state index < -0.39 is 0 Å². The van der Waals surface area contributed by atoms with Crippen LogP contribution in [0.4, 0.5) is 0 Å². The van der Waals surface area contributed by atoms with Crippen molar-refractivity contribution in [2.24, 2.45) is 0 Å². The molecule has 0 amide bonds. The molecule has 2 heteroatoms. The molecule has 0 radical (unpaired) electrons. The zero-order chi connectivity index (χ0) is 17.0. The van der Waals surface area contributed by atoms with Gasteiger partial charge in [0.25, 0.3) is 0 Å². The van der Waals surface area contributed by atoms with Gasteiger partial charge in [0.1, 0.15) is 5.75 Å². The normalized spacial score (nSPS) is 11.5. The van der Waals surface area contributed by atoms with E-state index in [9.17, 15) is 0 Å². The molecule has 0 bridgehead atoms. The van der Waals surface area contributed by atoms with Crippen LogP contribution in [0.5, 0.6) is 5.75 Å². The third kappa shape index (κ3) is 1.99. The molecule has 24 heavy (non-hydrogen) atoms. The SMILES string of the molecule is COc1ccc2c(c(C)nc3c4cc(C)c(C)cc4ccc23)c1C. The fourth-order valence-corrected chi connectivity index (χ4v) is 3.74. The molecule has 120 valence electrons. The second-order valence-electron chi connectivity index (χ2n) is 6.63. The van der Waals surface area contributed by atoms with E-state index in [4.69, 9.17) is 9.72 Å². The van der Waals surface area contributed by atoms with Gasteiger partial charge in [-0.25, -0.2) is 0 Å². The van der Waals surface area contributed by atoms with Crippen molar-refractivity contribution < 1.29 is 4.74 Å². The van der Waals surface area contributed by atoms with Gasteiger partial charge in [0, 0.05) is 27.4 Å². The van der Waals surface area contributed by atoms with Crippen molar-refractivity contribution in [3.63, 3.8) is 0 Å². The number of fused-ring (bicyclic) bond motifs is 5. The smallest absolute Gasteiger partial charge is 0.122 e. The summed E-state index contributed by atoms with van der Waals surface area (Å²) in [6.45, 7) is 8.52. The highest BCUT2D eigenvalue weighted by atomic mass is 16.5. The third-order valence-electron chi connectivity index (χ3n) is 5.17. The van der Waals surface area contributed by atoms with Crippen LogP contribution >= 0.6 is 0 Å². The topological polar surface area (TPSA) is 22.1 Å². The zero-order valence-corrected chi connectivity index (χ0v) is 14.8. The lowest BCUT2D eigenvalue weighted by Gasteiger charge is -2.14. The average molecular weight is 315 g/mol. The first-order chi connectivity index (χ1) is 11.5. The van der Waals surface area contributed by atoms with Crippen LogP contribution in [-0.2, 0) is 0 Å². The first-order valence-electron chi connectivity index (χ1n) is 8.29. The van der Waals surface area contributed by atoms with Crippen LogP contribution in [0.2, 0.25) is 0 Å². The van der Waals surface area contributed by atoms with Gasteiger partial charge in [-0.1, -0.05) is 18.2 Å². The molecule has 0 atom stereocenters. The fourth-order valence-electron chi connectivity index (χ4n) is 3.74. The summed E-state index contributed by atoms with van der Waals surface area (Å²) < 4.78 is 5.49. The Kier molecular flexibility index (Phi) is 3.24. The van der Waals surface area contributed by atoms with E-state index in [0.717, 1.165) is 22.5 Å². The molecule has 0 aliphatic heterocycles. The van der Waals surface area contributed by atoms with Gasteiger partial charge in [0.05, 0.1) is 12.6 Å². The van der Waals surface area contributed by atoms with Gasteiger partial charge in [0.15, 0.2) is 0 Å². The maximum atomic E-state index is 5.49. The first kappa shape index (κ1) is 14.9. The number of methoxy groups -OCH3 is 1. The number of nitrogens with zero attached hydrogens (tertiary/aromatic N) is 1. The maximum Gasteiger partial charge on any atom is 0.122 e. The van der Waals surface area contributed by atoms with E-state index in [-0.39, 0.29) is 0 Å². The molecular formula is C22H21NO. The largest absolute Gasteiger partial charge is 0.496 e. The van der Waals surface area contributed by atoms with Crippen LogP contribution in [0.25, 0.3) is 32.4 Å². The lowest BCUT2D eigenvalue weighted by Crippen LogP contribution is -1.95. The fraction of sp³-hybridized carbons (Fsp3) is 0.227. The van der Waals surface area contributed by atoms with Crippen LogP contribution < -0.4 is 4.74 Å². The van der Waals surface area contributed by atoms with Crippen LogP contribution in [0.15, 0.2) is 36.4 Å². The molecule has 0 spiro atoms. The lowest BCUT2D eigenvalue weighted by atomic mass is 9.95. The summed E-state index contributed by atoms with van der Waals surface area (Å²) in [5.74, 6) is 0.916. The van der Waals surface area contributed by atoms with E-state index in [0.29, 0.717) is 0 Å². The van der Waals surface area contributed by atoms with Crippen LogP contribution in [0.1, 0.15) is 22.4 Å². The highest BCUT2D eigenvalue weighted by Gasteiger charge is 2.13. The number of aromatic nitrogens is 1. The Labute approximate surface area is 142 Å². The minimum atomic E-state index is 0.916. The molecule has 0 aliphatic rings. The molecule has 4 rings (SSSR count). The summed E-state index contributed by atoms with van der Waals surface area (Å²) in [7, 11) is 1.72. The van der Waals surface area contributed by atoms with E-state index in [1.165, 1.54) is 38.1 Å². The third-order valence-corrected chi connectivity index (χ3v) is 5.17. The number of hydrogen-bond acceptors (Lipinski definition) is 2. The van der Waals surface area contributed by atoms with Gasteiger partial charge in [0.2, 0.25) is 0 Å². The Bertz CT molecular complexity index is 1130. The van der Waals surface area contributed by atoms with E-state index in [2.05, 4.69) is 64.1 Å². The second-order valence-corrected chi connectivity index (χ2v) is 6.63. The van der Waals surface area contributed by atoms with Crippen molar-refractivity contribution in [2.45, 2.75) is 27.7 Å². The van der Waals surface area contributed by atoms with E-state index in [1.807, 2.05) is 0 Å². The number of benzene rings is 3. The molecule has 0 fully saturated rings. The second kappa shape index (κ2) is 5.20. The minimum absolute atomic E-state index is 0.916. The molecule has 2 nitrogen and oxygen atoms in total. The standard InChI is InChI=1S/C22H21NO/c1-12-10-16-6-7-18-17-8-9-20(24-5)14(3)21(17)15(4)23-22(18)19(16)11-13(12)2/h6-11H,1-5H3. The average Bonchev–Trinajstić information content (AvgIpc) is 2.56. The predicted octanol–water partition coefficient (Wildman–Crippen LogP) is 5.78. The van der Waals surface area contributed by atoms with Gasteiger partial charge < -0.3 is 4.74 Å². The molecule has 0 saturated carbocycles. The molecule has 0 aliphatic carbocycles. The molecule has 1 aromatic heterocycles. The summed E-state index contributed by atoms with van der Waals surface area (Å²) in [5.41, 5.74) is 5.92. The quantitative estimate of drug-likeness (QED) is 0.415. The van der Waals surface area contributed by atoms with Crippen molar-refractivity contribution in [1.29, 1.82) is 0 Å². The zero-order valence-electron chi connectivity index (χ0n) is 14.8. The lowest BCUT2D eigenvalue weighted by molar-refractivity contribution is 0.412. The van der Waals surface area contributed by atoms with Gasteiger partial charge >= 0.3 is 0 Å². The Morgan fingerprint density at radius 1 is 0.792 bits per heavy atom. The van der Waals surface area contributed by atoms with Crippen molar-refractivity contribution in [2.75, 3.05) is 7.11 Å². The maximum absolute atomic E-state index is 5.49. The monoisotopic (exact) mass is 315 g/mol. The number of rotatable bonds is 1. The van der Waals surface area contributed by atoms with Gasteiger partial charge in [-0.2, -0.15) is 0 Å². The van der Waals surface area contributed by atoms with Crippen molar-refractivity contribution in [3.05, 3.63) is 58.8 Å². The Morgan fingerprint density at radius 2 is 1.50 bits per heavy atom. The van der Waals surface area contributed by atoms with Gasteiger partial charge in [-0.3, -0.25) is 4.98 Å². The van der Waals surface area contributed by atoms with E-state index >= 15 is 0 Å². The van der Waals surface area contributed by atoms with Crippen molar-refractivity contribution in [3.8, 4) is 5.75 Å². The highest BCUT2D eigenvalue weighted by molar-refractivity contribution is 6.16. The van der Waals surface area contributed by atoms with Crippen LogP contribution in [-0.4, -0.2) is 12.1 Å². The van der Waals surface area contributed by atoms with Crippen LogP contribution in [0.3, 0.4) is 0 Å². The van der Waals surface area contributed by atoms with Crippen LogP contribution in [0, 0.1) is 27.7 Å². The van der Waals surface area contributed by atoms with E-state index in [1.54, 1.807) is 7.11 Å². The molecule has 1 heterocycles. The summed E-state index contributed by atoms with van der Waals surface area (Å²) in [4.78, 5) is 4.98. The Hall–Kier alpha value is -2.61. The molecular weight excluding hydrogens is 294 g/mol. The summed E-state index contributed by atoms with van der Waals surface area (Å²) in [6.07, 6.45) is 0. The molecule has 0 saturated heterocycles. The number of aryl methyl sites for hydroxylation is 4. The number of ether oxygens (including phenoxy) is 1. The Morgan fingerprint density at radius 3 is 2.25 bits per heavy atom. The van der Waals surface area contributed by atoms with Gasteiger partial charge in [-0.05, 0) is 67.8 Å². The summed E-state index contributed by atoms with van der Waals surface area (Å²) in [6, 6.07) is 13.1. The molecule has 4 aromatic rings. The minimum Gasteiger partial charge on any atom is -0.496 e. The summed E-state index contributed by atoms with van der Waals surface area (Å²) >= 11 is 0. The first-order valence-corrected chi connectivity index (χ1v) is 8.29. The van der Waals surface area contributed by atoms with Gasteiger partial charge in [-0.15, -0.1) is 0 Å². The molecule has 3 aromatic carbocycles.